The molecule has 5 heteroatoms. The number of carbonyl (C=O) groups is 2. The van der Waals surface area contributed by atoms with Crippen LogP contribution < -0.4 is 0 Å². The predicted molar refractivity (Wildman–Crippen MR) is 132 cm³/mol. The number of fused-ring (bicyclic) bond motifs is 5. The molecule has 0 radical (unpaired) electrons. The van der Waals surface area contributed by atoms with Crippen molar-refractivity contribution in [3.63, 3.8) is 0 Å². The van der Waals surface area contributed by atoms with Gasteiger partial charge in [0.1, 0.15) is 0 Å². The minimum absolute atomic E-state index is 0.0767. The first-order chi connectivity index (χ1) is 16.1. The van der Waals surface area contributed by atoms with E-state index in [0.29, 0.717) is 41.6 Å². The van der Waals surface area contributed by atoms with Gasteiger partial charge in [-0.05, 0) is 124 Å². The standard InChI is InChI=1S/C29H48O5/c1-6-33-27(32)19(3)34-26(31)12-7-18(2)23-10-11-24-22-9-8-20-17-21(30)13-15-28(20,4)25(22)14-16-29(23,24)5/h18-25,30H,6-17H2,1-5H3/t18-,19-,20-,21-,22+,23-,24+,25+,28+,29-/m1/s1. The third-order valence-electron chi connectivity index (χ3n) is 11.1. The predicted octanol–water partition coefficient (Wildman–Crippen LogP) is 5.92. The number of esters is 2. The highest BCUT2D eigenvalue weighted by molar-refractivity contribution is 5.78. The van der Waals surface area contributed by atoms with Crippen LogP contribution in [-0.4, -0.2) is 35.9 Å². The van der Waals surface area contributed by atoms with Crippen molar-refractivity contribution >= 4 is 11.9 Å². The van der Waals surface area contributed by atoms with E-state index in [1.54, 1.807) is 13.8 Å². The zero-order chi connectivity index (χ0) is 24.7. The van der Waals surface area contributed by atoms with E-state index in [0.717, 1.165) is 37.0 Å². The zero-order valence-electron chi connectivity index (χ0n) is 22.2. The van der Waals surface area contributed by atoms with Crippen LogP contribution in [0.25, 0.3) is 0 Å². The third kappa shape index (κ3) is 4.67. The van der Waals surface area contributed by atoms with Gasteiger partial charge >= 0.3 is 11.9 Å². The van der Waals surface area contributed by atoms with Crippen molar-refractivity contribution in [2.75, 3.05) is 6.61 Å². The third-order valence-corrected chi connectivity index (χ3v) is 11.1. The molecule has 1 N–H and O–H groups in total. The molecule has 4 fully saturated rings. The summed E-state index contributed by atoms with van der Waals surface area (Å²) in [6.45, 7) is 11.1. The first-order valence-corrected chi connectivity index (χ1v) is 14.1. The second-order valence-corrected chi connectivity index (χ2v) is 12.7. The van der Waals surface area contributed by atoms with Crippen LogP contribution in [-0.2, 0) is 19.1 Å². The topological polar surface area (TPSA) is 72.8 Å². The highest BCUT2D eigenvalue weighted by Gasteiger charge is 2.60. The summed E-state index contributed by atoms with van der Waals surface area (Å²) in [5, 5.41) is 10.3. The van der Waals surface area contributed by atoms with Gasteiger partial charge in [0.2, 0.25) is 0 Å². The largest absolute Gasteiger partial charge is 0.463 e. The lowest BCUT2D eigenvalue weighted by Gasteiger charge is -2.61. The lowest BCUT2D eigenvalue weighted by atomic mass is 9.44. The average Bonchev–Trinajstić information content (AvgIpc) is 3.15. The van der Waals surface area contributed by atoms with Gasteiger partial charge in [0, 0.05) is 6.42 Å². The van der Waals surface area contributed by atoms with Gasteiger partial charge in [0.15, 0.2) is 6.10 Å². The summed E-state index contributed by atoms with van der Waals surface area (Å²) < 4.78 is 10.3. The molecule has 0 amide bonds. The molecule has 4 rings (SSSR count). The Morgan fingerprint density at radius 3 is 2.41 bits per heavy atom. The molecule has 0 spiro atoms. The number of aliphatic hydroxyl groups is 1. The van der Waals surface area contributed by atoms with Crippen LogP contribution in [0.3, 0.4) is 0 Å². The Kier molecular flexibility index (Phi) is 7.72. The van der Waals surface area contributed by atoms with Crippen molar-refractivity contribution in [2.24, 2.45) is 46.3 Å². The molecule has 4 aliphatic rings. The SMILES string of the molecule is CCOC(=O)[C@@H](C)OC(=O)CC[C@@H](C)[C@H]1CC[C@H]2[C@@H]3CC[C@@H]4C[C@H](O)CC[C@]4(C)[C@H]3CC[C@]12C. The van der Waals surface area contributed by atoms with Crippen LogP contribution >= 0.6 is 0 Å². The van der Waals surface area contributed by atoms with Crippen molar-refractivity contribution in [3.8, 4) is 0 Å². The summed E-state index contributed by atoms with van der Waals surface area (Å²) in [4.78, 5) is 24.1. The Labute approximate surface area is 206 Å². The Balaban J connectivity index is 1.35. The summed E-state index contributed by atoms with van der Waals surface area (Å²) in [7, 11) is 0. The maximum atomic E-state index is 12.4. The number of hydrogen-bond donors (Lipinski definition) is 1. The van der Waals surface area contributed by atoms with Crippen LogP contribution in [0.15, 0.2) is 0 Å². The van der Waals surface area contributed by atoms with Gasteiger partial charge in [-0.25, -0.2) is 4.79 Å². The van der Waals surface area contributed by atoms with Gasteiger partial charge in [-0.1, -0.05) is 20.8 Å². The Bertz CT molecular complexity index is 751. The second kappa shape index (κ2) is 10.1. The molecule has 0 unspecified atom stereocenters. The smallest absolute Gasteiger partial charge is 0.347 e. The van der Waals surface area contributed by atoms with E-state index < -0.39 is 12.1 Å². The molecule has 5 nitrogen and oxygen atoms in total. The molecule has 4 aliphatic carbocycles. The minimum Gasteiger partial charge on any atom is -0.463 e. The van der Waals surface area contributed by atoms with Gasteiger partial charge in [-0.15, -0.1) is 0 Å². The van der Waals surface area contributed by atoms with E-state index in [2.05, 4.69) is 20.8 Å². The highest BCUT2D eigenvalue weighted by Crippen LogP contribution is 2.68. The first kappa shape index (κ1) is 26.0. The van der Waals surface area contributed by atoms with Crippen molar-refractivity contribution in [2.45, 2.75) is 117 Å². The number of ether oxygens (including phenoxy) is 2. The minimum atomic E-state index is -0.830. The van der Waals surface area contributed by atoms with E-state index in [4.69, 9.17) is 9.47 Å². The molecule has 10 atom stereocenters. The molecular formula is C29H48O5. The fourth-order valence-corrected chi connectivity index (χ4v) is 9.32. The zero-order valence-corrected chi connectivity index (χ0v) is 22.2. The van der Waals surface area contributed by atoms with E-state index in [1.165, 1.54) is 44.9 Å². The van der Waals surface area contributed by atoms with Crippen LogP contribution in [0.2, 0.25) is 0 Å². The van der Waals surface area contributed by atoms with Crippen molar-refractivity contribution in [1.82, 2.24) is 0 Å². The number of aliphatic hydroxyl groups excluding tert-OH is 1. The summed E-state index contributed by atoms with van der Waals surface area (Å²) in [6, 6.07) is 0. The molecule has 0 aliphatic heterocycles. The molecule has 0 aromatic rings. The Morgan fingerprint density at radius 1 is 0.971 bits per heavy atom. The van der Waals surface area contributed by atoms with E-state index in [1.807, 2.05) is 0 Å². The van der Waals surface area contributed by atoms with E-state index in [-0.39, 0.29) is 12.1 Å². The van der Waals surface area contributed by atoms with E-state index >= 15 is 0 Å². The molecule has 194 valence electrons. The van der Waals surface area contributed by atoms with Gasteiger partial charge in [-0.2, -0.15) is 0 Å². The molecule has 34 heavy (non-hydrogen) atoms. The van der Waals surface area contributed by atoms with E-state index in [9.17, 15) is 14.7 Å². The first-order valence-electron chi connectivity index (χ1n) is 14.1. The molecule has 4 saturated carbocycles. The second-order valence-electron chi connectivity index (χ2n) is 12.7. The molecule has 0 heterocycles. The number of hydrogen-bond acceptors (Lipinski definition) is 5. The average molecular weight is 477 g/mol. The molecule has 0 bridgehead atoms. The molecule has 0 aromatic carbocycles. The maximum Gasteiger partial charge on any atom is 0.347 e. The van der Waals surface area contributed by atoms with Gasteiger partial charge in [0.25, 0.3) is 0 Å². The molecule has 0 aromatic heterocycles. The fourth-order valence-electron chi connectivity index (χ4n) is 9.32. The maximum absolute atomic E-state index is 12.4. The number of carbonyl (C=O) groups excluding carboxylic acids is 2. The molecular weight excluding hydrogens is 428 g/mol. The fraction of sp³-hybridized carbons (Fsp3) is 0.931. The highest BCUT2D eigenvalue weighted by atomic mass is 16.6. The quantitative estimate of drug-likeness (QED) is 0.462. The number of rotatable bonds is 7. The van der Waals surface area contributed by atoms with Gasteiger partial charge < -0.3 is 14.6 Å². The van der Waals surface area contributed by atoms with Gasteiger partial charge in [-0.3, -0.25) is 4.79 Å². The van der Waals surface area contributed by atoms with Crippen molar-refractivity contribution < 1.29 is 24.2 Å². The van der Waals surface area contributed by atoms with Crippen LogP contribution in [0.4, 0.5) is 0 Å². The van der Waals surface area contributed by atoms with Crippen LogP contribution in [0.5, 0.6) is 0 Å². The summed E-state index contributed by atoms with van der Waals surface area (Å²) in [5.41, 5.74) is 0.798. The Morgan fingerprint density at radius 2 is 1.68 bits per heavy atom. The summed E-state index contributed by atoms with van der Waals surface area (Å²) >= 11 is 0. The lowest BCUT2D eigenvalue weighted by molar-refractivity contribution is -0.166. The Hall–Kier alpha value is -1.10. The van der Waals surface area contributed by atoms with Crippen molar-refractivity contribution in [3.05, 3.63) is 0 Å². The van der Waals surface area contributed by atoms with Crippen molar-refractivity contribution in [1.29, 1.82) is 0 Å². The van der Waals surface area contributed by atoms with Crippen LogP contribution in [0, 0.1) is 46.3 Å². The lowest BCUT2D eigenvalue weighted by Crippen LogP contribution is -2.54. The van der Waals surface area contributed by atoms with Crippen LogP contribution in [0.1, 0.15) is 105 Å². The van der Waals surface area contributed by atoms with Gasteiger partial charge in [0.05, 0.1) is 12.7 Å². The summed E-state index contributed by atoms with van der Waals surface area (Å²) in [6.07, 6.45) is 11.4. The molecule has 0 saturated heterocycles. The monoisotopic (exact) mass is 476 g/mol. The summed E-state index contributed by atoms with van der Waals surface area (Å²) in [5.74, 6) is 3.55. The normalized spacial score (nSPS) is 43.1.